The Morgan fingerprint density at radius 2 is 1.66 bits per heavy atom. The lowest BCUT2D eigenvalue weighted by atomic mass is 10.1. The minimum Gasteiger partial charge on any atom is -0.495 e. The molecule has 178 valence electrons. The molecule has 0 aliphatic carbocycles. The number of carbonyl (C=O) groups excluding carboxylic acids is 2. The van der Waals surface area contributed by atoms with Crippen LogP contribution in [0.3, 0.4) is 0 Å². The molecule has 32 heavy (non-hydrogen) atoms. The van der Waals surface area contributed by atoms with E-state index in [-0.39, 0.29) is 10.8 Å². The van der Waals surface area contributed by atoms with Crippen LogP contribution in [-0.4, -0.2) is 94.7 Å². The van der Waals surface area contributed by atoms with E-state index in [0.717, 1.165) is 0 Å². The summed E-state index contributed by atoms with van der Waals surface area (Å²) < 4.78 is 43.5. The number of ether oxygens (including phenoxy) is 3. The van der Waals surface area contributed by atoms with Crippen molar-refractivity contribution in [2.45, 2.75) is 31.3 Å². The van der Waals surface area contributed by atoms with Crippen molar-refractivity contribution in [2.24, 2.45) is 0 Å². The van der Waals surface area contributed by atoms with Crippen LogP contribution in [0.5, 0.6) is 5.75 Å². The van der Waals surface area contributed by atoms with Gasteiger partial charge in [0, 0.05) is 46.2 Å². The summed E-state index contributed by atoms with van der Waals surface area (Å²) in [6.45, 7) is 7.61. The van der Waals surface area contributed by atoms with E-state index in [1.54, 1.807) is 36.9 Å². The van der Waals surface area contributed by atoms with Gasteiger partial charge in [0.2, 0.25) is 10.0 Å². The van der Waals surface area contributed by atoms with Crippen molar-refractivity contribution in [2.75, 3.05) is 64.5 Å². The third-order valence-corrected chi connectivity index (χ3v) is 7.47. The number of anilines is 1. The highest BCUT2D eigenvalue weighted by atomic mass is 32.2. The first-order valence-corrected chi connectivity index (χ1v) is 12.0. The topological polar surface area (TPSA) is 106 Å². The SMILES string of the molecule is COc1ccc(S(=O)(=O)N2CCOCC2)cc1N1CCN(C(=O)C(C)(C)OC(C)=O)CC1. The molecule has 11 heteroatoms. The Labute approximate surface area is 189 Å². The zero-order valence-electron chi connectivity index (χ0n) is 19.0. The molecular weight excluding hydrogens is 438 g/mol. The Kier molecular flexibility index (Phi) is 7.31. The summed E-state index contributed by atoms with van der Waals surface area (Å²) in [7, 11) is -2.11. The molecule has 2 aliphatic rings. The van der Waals surface area contributed by atoms with E-state index in [0.29, 0.717) is 63.9 Å². The van der Waals surface area contributed by atoms with Crippen molar-refractivity contribution in [3.8, 4) is 5.75 Å². The summed E-state index contributed by atoms with van der Waals surface area (Å²) in [6.07, 6.45) is 0. The van der Waals surface area contributed by atoms with Gasteiger partial charge in [-0.2, -0.15) is 4.31 Å². The maximum atomic E-state index is 13.1. The monoisotopic (exact) mass is 469 g/mol. The molecule has 0 spiro atoms. The van der Waals surface area contributed by atoms with Crippen LogP contribution in [0, 0.1) is 0 Å². The molecule has 10 nitrogen and oxygen atoms in total. The minimum atomic E-state index is -3.65. The molecule has 0 unspecified atom stereocenters. The zero-order valence-corrected chi connectivity index (χ0v) is 19.8. The van der Waals surface area contributed by atoms with Crippen LogP contribution >= 0.6 is 0 Å². The van der Waals surface area contributed by atoms with Gasteiger partial charge >= 0.3 is 5.97 Å². The number of hydrogen-bond donors (Lipinski definition) is 0. The third-order valence-electron chi connectivity index (χ3n) is 5.58. The van der Waals surface area contributed by atoms with Crippen molar-refractivity contribution in [3.05, 3.63) is 18.2 Å². The summed E-state index contributed by atoms with van der Waals surface area (Å²) in [6, 6.07) is 4.84. The van der Waals surface area contributed by atoms with Crippen molar-refractivity contribution >= 4 is 27.6 Å². The van der Waals surface area contributed by atoms with Gasteiger partial charge in [-0.05, 0) is 32.0 Å². The summed E-state index contributed by atoms with van der Waals surface area (Å²) >= 11 is 0. The predicted octanol–water partition coefficient (Wildman–Crippen LogP) is 0.706. The second kappa shape index (κ2) is 9.63. The van der Waals surface area contributed by atoms with E-state index in [2.05, 4.69) is 0 Å². The van der Waals surface area contributed by atoms with Crippen LogP contribution in [0.4, 0.5) is 5.69 Å². The van der Waals surface area contributed by atoms with Crippen molar-refractivity contribution in [1.29, 1.82) is 0 Å². The average Bonchev–Trinajstić information content (AvgIpc) is 2.78. The van der Waals surface area contributed by atoms with Crippen LogP contribution in [-0.2, 0) is 29.1 Å². The first-order chi connectivity index (χ1) is 15.1. The molecule has 1 aromatic rings. The molecular formula is C21H31N3O7S. The fourth-order valence-electron chi connectivity index (χ4n) is 3.95. The fourth-order valence-corrected chi connectivity index (χ4v) is 5.38. The number of nitrogens with zero attached hydrogens (tertiary/aromatic N) is 3. The van der Waals surface area contributed by atoms with E-state index < -0.39 is 21.6 Å². The maximum absolute atomic E-state index is 13.1. The smallest absolute Gasteiger partial charge is 0.303 e. The highest BCUT2D eigenvalue weighted by Gasteiger charge is 2.37. The van der Waals surface area contributed by atoms with E-state index >= 15 is 0 Å². The lowest BCUT2D eigenvalue weighted by Gasteiger charge is -2.39. The number of morpholine rings is 1. The quantitative estimate of drug-likeness (QED) is 0.561. The molecule has 1 aromatic carbocycles. The van der Waals surface area contributed by atoms with Crippen LogP contribution in [0.2, 0.25) is 0 Å². The van der Waals surface area contributed by atoms with E-state index in [1.807, 2.05) is 4.90 Å². The summed E-state index contributed by atoms with van der Waals surface area (Å²) in [4.78, 5) is 28.0. The molecule has 2 heterocycles. The second-order valence-electron chi connectivity index (χ2n) is 8.23. The van der Waals surface area contributed by atoms with Crippen LogP contribution < -0.4 is 9.64 Å². The molecule has 2 saturated heterocycles. The normalized spacial score (nSPS) is 18.4. The van der Waals surface area contributed by atoms with Crippen LogP contribution in [0.15, 0.2) is 23.1 Å². The first-order valence-electron chi connectivity index (χ1n) is 10.6. The lowest BCUT2D eigenvalue weighted by Crippen LogP contribution is -2.55. The zero-order chi connectivity index (χ0) is 23.5. The van der Waals surface area contributed by atoms with Crippen molar-refractivity contribution < 1.29 is 32.2 Å². The second-order valence-corrected chi connectivity index (χ2v) is 10.2. The fraction of sp³-hybridized carbons (Fsp3) is 0.619. The van der Waals surface area contributed by atoms with E-state index in [1.165, 1.54) is 18.3 Å². The number of esters is 1. The van der Waals surface area contributed by atoms with Crippen molar-refractivity contribution in [3.63, 3.8) is 0 Å². The predicted molar refractivity (Wildman–Crippen MR) is 117 cm³/mol. The van der Waals surface area contributed by atoms with Gasteiger partial charge < -0.3 is 24.0 Å². The van der Waals surface area contributed by atoms with Crippen LogP contribution in [0.1, 0.15) is 20.8 Å². The number of rotatable bonds is 6. The highest BCUT2D eigenvalue weighted by molar-refractivity contribution is 7.89. The lowest BCUT2D eigenvalue weighted by molar-refractivity contribution is -0.168. The summed E-state index contributed by atoms with van der Waals surface area (Å²) in [5, 5.41) is 0. The van der Waals surface area contributed by atoms with Crippen LogP contribution in [0.25, 0.3) is 0 Å². The van der Waals surface area contributed by atoms with Gasteiger partial charge in [-0.1, -0.05) is 0 Å². The number of hydrogen-bond acceptors (Lipinski definition) is 8. The number of piperazine rings is 1. The molecule has 0 bridgehead atoms. The molecule has 1 amide bonds. The van der Waals surface area contributed by atoms with E-state index in [9.17, 15) is 18.0 Å². The van der Waals surface area contributed by atoms with Gasteiger partial charge in [-0.25, -0.2) is 8.42 Å². The molecule has 0 saturated carbocycles. The van der Waals surface area contributed by atoms with E-state index in [4.69, 9.17) is 14.2 Å². The Morgan fingerprint density at radius 1 is 1.03 bits per heavy atom. The Hall–Kier alpha value is -2.37. The molecule has 2 fully saturated rings. The molecule has 2 aliphatic heterocycles. The Balaban J connectivity index is 1.76. The molecule has 0 atom stereocenters. The number of sulfonamides is 1. The molecule has 0 aromatic heterocycles. The number of methoxy groups -OCH3 is 1. The largest absolute Gasteiger partial charge is 0.495 e. The molecule has 0 N–H and O–H groups in total. The van der Waals surface area contributed by atoms with Gasteiger partial charge in [0.15, 0.2) is 5.60 Å². The Morgan fingerprint density at radius 3 is 2.22 bits per heavy atom. The molecule has 3 rings (SSSR count). The Bertz CT molecular complexity index is 950. The van der Waals surface area contributed by atoms with Gasteiger partial charge in [0.05, 0.1) is 30.9 Å². The third kappa shape index (κ3) is 5.16. The van der Waals surface area contributed by atoms with Crippen molar-refractivity contribution in [1.82, 2.24) is 9.21 Å². The number of carbonyl (C=O) groups is 2. The minimum absolute atomic E-state index is 0.199. The summed E-state index contributed by atoms with van der Waals surface area (Å²) in [5.41, 5.74) is -0.578. The van der Waals surface area contributed by atoms with Gasteiger partial charge in [-0.3, -0.25) is 9.59 Å². The first kappa shape index (κ1) is 24.3. The number of benzene rings is 1. The summed E-state index contributed by atoms with van der Waals surface area (Å²) in [5.74, 6) is -0.209. The highest BCUT2D eigenvalue weighted by Crippen LogP contribution is 2.33. The number of amides is 1. The maximum Gasteiger partial charge on any atom is 0.303 e. The standard InChI is InChI=1S/C21H31N3O7S/c1-16(25)31-21(2,3)20(26)23-9-7-22(8-10-23)18-15-17(5-6-19(18)29-4)32(27,28)24-11-13-30-14-12-24/h5-6,15H,7-14H2,1-4H3. The van der Waals surface area contributed by atoms with Gasteiger partial charge in [-0.15, -0.1) is 0 Å². The average molecular weight is 470 g/mol. The molecule has 0 radical (unpaired) electrons. The van der Waals surface area contributed by atoms with Gasteiger partial charge in [0.25, 0.3) is 5.91 Å². The van der Waals surface area contributed by atoms with Gasteiger partial charge in [0.1, 0.15) is 5.75 Å².